The van der Waals surface area contributed by atoms with Crippen molar-refractivity contribution >= 4 is 21.6 Å². The molecule has 0 aromatic carbocycles. The van der Waals surface area contributed by atoms with E-state index in [1.54, 1.807) is 0 Å². The average Bonchev–Trinajstić information content (AvgIpc) is 2.29. The Kier molecular flexibility index (Phi) is 4.08. The van der Waals surface area contributed by atoms with Crippen molar-refractivity contribution in [3.63, 3.8) is 0 Å². The summed E-state index contributed by atoms with van der Waals surface area (Å²) in [5.74, 6) is 1.60. The molecule has 17 heavy (non-hydrogen) atoms. The fraction of sp³-hybridized carbons (Fsp3) is 0.643. The fourth-order valence-corrected chi connectivity index (χ4v) is 2.80. The van der Waals surface area contributed by atoms with Crippen LogP contribution in [0.1, 0.15) is 38.7 Å². The van der Waals surface area contributed by atoms with Crippen LogP contribution in [0, 0.1) is 18.8 Å². The van der Waals surface area contributed by atoms with Crippen LogP contribution in [0.25, 0.3) is 0 Å². The molecule has 1 aromatic rings. The maximum atomic E-state index is 4.34. The Morgan fingerprint density at radius 2 is 2.12 bits per heavy atom. The zero-order chi connectivity index (χ0) is 12.4. The second kappa shape index (κ2) is 5.38. The van der Waals surface area contributed by atoms with Crippen molar-refractivity contribution in [2.75, 3.05) is 5.32 Å². The zero-order valence-electron chi connectivity index (χ0n) is 10.8. The number of aromatic nitrogens is 1. The normalized spacial score (nSPS) is 29.1. The lowest BCUT2D eigenvalue weighted by molar-refractivity contribution is 0.280. The summed E-state index contributed by atoms with van der Waals surface area (Å²) in [7, 11) is 0. The van der Waals surface area contributed by atoms with Crippen LogP contribution in [0.3, 0.4) is 0 Å². The van der Waals surface area contributed by atoms with Crippen molar-refractivity contribution < 1.29 is 0 Å². The van der Waals surface area contributed by atoms with Gasteiger partial charge in [-0.25, -0.2) is 4.98 Å². The highest BCUT2D eigenvalue weighted by Crippen LogP contribution is 2.31. The van der Waals surface area contributed by atoms with Gasteiger partial charge >= 0.3 is 0 Å². The summed E-state index contributed by atoms with van der Waals surface area (Å²) < 4.78 is 0.938. The van der Waals surface area contributed by atoms with Crippen LogP contribution in [-0.4, -0.2) is 11.0 Å². The van der Waals surface area contributed by atoms with E-state index in [-0.39, 0.29) is 0 Å². The molecule has 1 aliphatic rings. The molecule has 94 valence electrons. The topological polar surface area (TPSA) is 24.9 Å². The van der Waals surface area contributed by atoms with Gasteiger partial charge in [-0.05, 0) is 59.2 Å². The number of rotatable bonds is 2. The van der Waals surface area contributed by atoms with Crippen LogP contribution in [0.5, 0.6) is 0 Å². The molecule has 1 saturated carbocycles. The van der Waals surface area contributed by atoms with Crippen molar-refractivity contribution in [2.45, 2.75) is 46.1 Å². The Morgan fingerprint density at radius 3 is 2.82 bits per heavy atom. The van der Waals surface area contributed by atoms with Crippen molar-refractivity contribution in [3.05, 3.63) is 22.4 Å². The molecule has 2 nitrogen and oxygen atoms in total. The third kappa shape index (κ3) is 3.21. The molecule has 3 unspecified atom stereocenters. The van der Waals surface area contributed by atoms with Gasteiger partial charge in [0.05, 0.1) is 11.9 Å². The second-order valence-corrected chi connectivity index (χ2v) is 6.23. The molecule has 0 radical (unpaired) electrons. The van der Waals surface area contributed by atoms with Crippen molar-refractivity contribution in [1.82, 2.24) is 4.98 Å². The monoisotopic (exact) mass is 296 g/mol. The number of hydrogen-bond acceptors (Lipinski definition) is 2. The van der Waals surface area contributed by atoms with Gasteiger partial charge in [-0.3, -0.25) is 0 Å². The van der Waals surface area contributed by atoms with E-state index in [4.69, 9.17) is 0 Å². The first-order valence-electron chi connectivity index (χ1n) is 6.45. The summed E-state index contributed by atoms with van der Waals surface area (Å²) in [5, 5.41) is 3.65. The van der Waals surface area contributed by atoms with Crippen LogP contribution < -0.4 is 5.32 Å². The Balaban J connectivity index is 2.06. The predicted octanol–water partition coefficient (Wildman–Crippen LogP) is 4.39. The Bertz CT molecular complexity index is 392. The number of hydrogen-bond donors (Lipinski definition) is 1. The minimum atomic E-state index is 0.598. The maximum absolute atomic E-state index is 4.34. The van der Waals surface area contributed by atoms with Crippen LogP contribution in [0.15, 0.2) is 16.9 Å². The van der Waals surface area contributed by atoms with Gasteiger partial charge in [-0.2, -0.15) is 0 Å². The van der Waals surface area contributed by atoms with Gasteiger partial charge in [-0.1, -0.05) is 20.3 Å². The molecule has 0 spiro atoms. The highest BCUT2D eigenvalue weighted by Gasteiger charge is 2.25. The maximum Gasteiger partial charge on any atom is 0.109 e. The van der Waals surface area contributed by atoms with Crippen molar-refractivity contribution in [2.24, 2.45) is 11.8 Å². The summed E-state index contributed by atoms with van der Waals surface area (Å²) in [5.41, 5.74) is 2.34. The molecule has 0 bridgehead atoms. The SMILES string of the molecule is Cc1cc(NC2CC(C)CCC2C)cnc1Br. The van der Waals surface area contributed by atoms with E-state index in [2.05, 4.69) is 53.1 Å². The van der Waals surface area contributed by atoms with Crippen molar-refractivity contribution in [3.8, 4) is 0 Å². The number of halogens is 1. The fourth-order valence-electron chi connectivity index (χ4n) is 2.58. The predicted molar refractivity (Wildman–Crippen MR) is 76.3 cm³/mol. The second-order valence-electron chi connectivity index (χ2n) is 5.48. The number of pyridine rings is 1. The first kappa shape index (κ1) is 12.9. The van der Waals surface area contributed by atoms with E-state index >= 15 is 0 Å². The molecular formula is C14H21BrN2. The first-order chi connectivity index (χ1) is 8.06. The number of nitrogens with one attached hydrogen (secondary N) is 1. The molecule has 1 fully saturated rings. The lowest BCUT2D eigenvalue weighted by atomic mass is 9.80. The molecule has 0 amide bonds. The first-order valence-corrected chi connectivity index (χ1v) is 7.24. The molecule has 0 aliphatic heterocycles. The van der Waals surface area contributed by atoms with Gasteiger partial charge in [-0.15, -0.1) is 0 Å². The number of nitrogens with zero attached hydrogens (tertiary/aromatic N) is 1. The highest BCUT2D eigenvalue weighted by molar-refractivity contribution is 9.10. The number of anilines is 1. The summed E-state index contributed by atoms with van der Waals surface area (Å²) in [6.07, 6.45) is 5.90. The van der Waals surface area contributed by atoms with Crippen LogP contribution in [0.4, 0.5) is 5.69 Å². The zero-order valence-corrected chi connectivity index (χ0v) is 12.4. The molecule has 3 atom stereocenters. The summed E-state index contributed by atoms with van der Waals surface area (Å²) >= 11 is 3.44. The van der Waals surface area contributed by atoms with Gasteiger partial charge in [0.25, 0.3) is 0 Å². The Labute approximate surface area is 112 Å². The van der Waals surface area contributed by atoms with Crippen LogP contribution in [0.2, 0.25) is 0 Å². The summed E-state index contributed by atoms with van der Waals surface area (Å²) in [4.78, 5) is 4.34. The van der Waals surface area contributed by atoms with E-state index in [9.17, 15) is 0 Å². The molecule has 1 heterocycles. The van der Waals surface area contributed by atoms with Gasteiger partial charge < -0.3 is 5.32 Å². The van der Waals surface area contributed by atoms with E-state index in [1.807, 2.05) is 6.20 Å². The third-order valence-corrected chi connectivity index (χ3v) is 4.65. The van der Waals surface area contributed by atoms with E-state index in [0.717, 1.165) is 22.1 Å². The molecule has 1 aromatic heterocycles. The molecule has 0 saturated heterocycles. The third-order valence-electron chi connectivity index (χ3n) is 3.82. The lowest BCUT2D eigenvalue weighted by Gasteiger charge is -2.34. The van der Waals surface area contributed by atoms with E-state index < -0.39 is 0 Å². The highest BCUT2D eigenvalue weighted by atomic mass is 79.9. The van der Waals surface area contributed by atoms with Crippen LogP contribution >= 0.6 is 15.9 Å². The van der Waals surface area contributed by atoms with E-state index in [0.29, 0.717) is 6.04 Å². The van der Waals surface area contributed by atoms with Crippen molar-refractivity contribution in [1.29, 1.82) is 0 Å². The van der Waals surface area contributed by atoms with Gasteiger partial charge in [0.1, 0.15) is 4.60 Å². The van der Waals surface area contributed by atoms with Gasteiger partial charge in [0.15, 0.2) is 0 Å². The minimum absolute atomic E-state index is 0.598. The molecular weight excluding hydrogens is 276 g/mol. The smallest absolute Gasteiger partial charge is 0.109 e. The number of aryl methyl sites for hydroxylation is 1. The quantitative estimate of drug-likeness (QED) is 0.819. The lowest BCUT2D eigenvalue weighted by Crippen LogP contribution is -2.33. The van der Waals surface area contributed by atoms with Gasteiger partial charge in [0, 0.05) is 6.04 Å². The molecule has 3 heteroatoms. The average molecular weight is 297 g/mol. The van der Waals surface area contributed by atoms with Gasteiger partial charge in [0.2, 0.25) is 0 Å². The molecule has 1 aliphatic carbocycles. The Morgan fingerprint density at radius 1 is 1.35 bits per heavy atom. The largest absolute Gasteiger partial charge is 0.381 e. The molecule has 1 N–H and O–H groups in total. The van der Waals surface area contributed by atoms with Crippen LogP contribution in [-0.2, 0) is 0 Å². The summed E-state index contributed by atoms with van der Waals surface area (Å²) in [6, 6.07) is 2.77. The molecule has 2 rings (SSSR count). The summed E-state index contributed by atoms with van der Waals surface area (Å²) in [6.45, 7) is 6.78. The Hall–Kier alpha value is -0.570. The van der Waals surface area contributed by atoms with E-state index in [1.165, 1.54) is 24.8 Å². The standard InChI is InChI=1S/C14H21BrN2/c1-9-4-5-10(2)13(6-9)17-12-7-11(3)14(15)16-8-12/h7-10,13,17H,4-6H2,1-3H3. The minimum Gasteiger partial charge on any atom is -0.381 e.